The monoisotopic (exact) mass is 421 g/mol. The number of carbonyl (C=O) groups excluding carboxylic acids is 1. The minimum atomic E-state index is -0.620. The van der Waals surface area contributed by atoms with E-state index in [1.807, 2.05) is 42.5 Å². The maximum atomic E-state index is 12.3. The Kier molecular flexibility index (Phi) is 5.59. The normalized spacial score (nSPS) is 22.0. The number of rotatable bonds is 6. The van der Waals surface area contributed by atoms with Crippen LogP contribution >= 0.6 is 0 Å². The number of benzene rings is 2. The Balaban J connectivity index is 1.27. The molecule has 31 heavy (non-hydrogen) atoms. The predicted octanol–water partition coefficient (Wildman–Crippen LogP) is 2.67. The van der Waals surface area contributed by atoms with E-state index in [1.165, 1.54) is 0 Å². The molecule has 8 heteroatoms. The first kappa shape index (κ1) is 20.0. The predicted molar refractivity (Wildman–Crippen MR) is 120 cm³/mol. The van der Waals surface area contributed by atoms with Crippen molar-refractivity contribution in [2.45, 2.75) is 44.0 Å². The molecule has 0 saturated carbocycles. The standard InChI is InChI=1S/C23H27N5O3/c29-21(17-3-1-11-24-17)26-15-7-5-14(6-8-15)23-28-19-13-16(9-10-20(19)31-23)27-22(30)18-4-2-12-25-18/h5-10,13,17-18,21,24-26,29H,1-4,11-12H2,(H,27,30). The second kappa shape index (κ2) is 8.66. The van der Waals surface area contributed by atoms with Gasteiger partial charge in [0.15, 0.2) is 5.58 Å². The van der Waals surface area contributed by atoms with Gasteiger partial charge in [-0.25, -0.2) is 4.98 Å². The van der Waals surface area contributed by atoms with Gasteiger partial charge in [0.2, 0.25) is 11.8 Å². The van der Waals surface area contributed by atoms with Crippen LogP contribution in [0.3, 0.4) is 0 Å². The van der Waals surface area contributed by atoms with E-state index in [0.29, 0.717) is 22.7 Å². The zero-order chi connectivity index (χ0) is 21.2. The second-order valence-corrected chi connectivity index (χ2v) is 8.21. The summed E-state index contributed by atoms with van der Waals surface area (Å²) >= 11 is 0. The summed E-state index contributed by atoms with van der Waals surface area (Å²) in [6, 6.07) is 13.1. The van der Waals surface area contributed by atoms with E-state index in [-0.39, 0.29) is 18.0 Å². The summed E-state index contributed by atoms with van der Waals surface area (Å²) in [5.74, 6) is 0.499. The van der Waals surface area contributed by atoms with Gasteiger partial charge in [0.25, 0.3) is 0 Å². The number of oxazole rings is 1. The Morgan fingerprint density at radius 1 is 1.06 bits per heavy atom. The van der Waals surface area contributed by atoms with E-state index < -0.39 is 6.23 Å². The molecule has 3 atom stereocenters. The number of nitrogens with one attached hydrogen (secondary N) is 4. The van der Waals surface area contributed by atoms with Crippen molar-refractivity contribution in [1.82, 2.24) is 15.6 Å². The number of hydrogen-bond donors (Lipinski definition) is 5. The van der Waals surface area contributed by atoms with Crippen LogP contribution < -0.4 is 21.3 Å². The van der Waals surface area contributed by atoms with Gasteiger partial charge in [0, 0.05) is 16.9 Å². The molecule has 0 bridgehead atoms. The van der Waals surface area contributed by atoms with Gasteiger partial charge in [-0.05, 0) is 81.2 Å². The molecule has 3 heterocycles. The first-order chi connectivity index (χ1) is 15.2. The molecule has 1 amide bonds. The lowest BCUT2D eigenvalue weighted by atomic mass is 10.1. The molecule has 2 saturated heterocycles. The molecule has 2 aliphatic rings. The van der Waals surface area contributed by atoms with Crippen LogP contribution in [0.2, 0.25) is 0 Å². The number of aliphatic hydroxyl groups excluding tert-OH is 1. The highest BCUT2D eigenvalue weighted by atomic mass is 16.3. The number of hydrogen-bond acceptors (Lipinski definition) is 7. The fraction of sp³-hybridized carbons (Fsp3) is 0.391. The summed E-state index contributed by atoms with van der Waals surface area (Å²) in [6.07, 6.45) is 3.32. The number of amides is 1. The Bertz CT molecular complexity index is 1050. The highest BCUT2D eigenvalue weighted by Gasteiger charge is 2.23. The number of carbonyl (C=O) groups is 1. The van der Waals surface area contributed by atoms with Gasteiger partial charge in [-0.1, -0.05) is 0 Å². The van der Waals surface area contributed by atoms with Crippen LogP contribution in [0.5, 0.6) is 0 Å². The Hall–Kier alpha value is -2.94. The zero-order valence-corrected chi connectivity index (χ0v) is 17.2. The van der Waals surface area contributed by atoms with Crippen molar-refractivity contribution in [2.24, 2.45) is 0 Å². The van der Waals surface area contributed by atoms with Crippen molar-refractivity contribution in [3.63, 3.8) is 0 Å². The van der Waals surface area contributed by atoms with E-state index in [2.05, 4.69) is 26.3 Å². The van der Waals surface area contributed by atoms with Crippen molar-refractivity contribution in [3.8, 4) is 11.5 Å². The number of aliphatic hydroxyl groups is 1. The minimum Gasteiger partial charge on any atom is -0.436 e. The molecule has 5 rings (SSSR count). The maximum absolute atomic E-state index is 12.3. The molecule has 0 aliphatic carbocycles. The molecule has 3 unspecified atom stereocenters. The van der Waals surface area contributed by atoms with Crippen molar-refractivity contribution < 1.29 is 14.3 Å². The summed E-state index contributed by atoms with van der Waals surface area (Å²) in [7, 11) is 0. The van der Waals surface area contributed by atoms with Crippen LogP contribution in [0, 0.1) is 0 Å². The van der Waals surface area contributed by atoms with E-state index in [9.17, 15) is 9.90 Å². The SMILES string of the molecule is O=C(Nc1ccc2oc(-c3ccc(NC(O)C4CCCN4)cc3)nc2c1)C1CCCN1. The second-order valence-electron chi connectivity index (χ2n) is 8.21. The van der Waals surface area contributed by atoms with E-state index in [1.54, 1.807) is 0 Å². The topological polar surface area (TPSA) is 111 Å². The molecule has 1 aromatic heterocycles. The molecular weight excluding hydrogens is 394 g/mol. The average Bonchev–Trinajstić information content (AvgIpc) is 3.55. The van der Waals surface area contributed by atoms with Gasteiger partial charge in [0.05, 0.1) is 12.1 Å². The fourth-order valence-electron chi connectivity index (χ4n) is 4.23. The van der Waals surface area contributed by atoms with Crippen LogP contribution in [0.1, 0.15) is 25.7 Å². The van der Waals surface area contributed by atoms with Gasteiger partial charge < -0.3 is 30.8 Å². The zero-order valence-electron chi connectivity index (χ0n) is 17.2. The third-order valence-corrected chi connectivity index (χ3v) is 5.96. The van der Waals surface area contributed by atoms with Crippen molar-refractivity contribution in [1.29, 1.82) is 0 Å². The molecule has 162 valence electrons. The van der Waals surface area contributed by atoms with Crippen LogP contribution in [-0.2, 0) is 4.79 Å². The third-order valence-electron chi connectivity index (χ3n) is 5.96. The van der Waals surface area contributed by atoms with Crippen LogP contribution in [0.25, 0.3) is 22.6 Å². The molecule has 2 aromatic carbocycles. The van der Waals surface area contributed by atoms with Crippen LogP contribution in [0.15, 0.2) is 46.9 Å². The maximum Gasteiger partial charge on any atom is 0.241 e. The van der Waals surface area contributed by atoms with Crippen LogP contribution in [-0.4, -0.2) is 47.4 Å². The van der Waals surface area contributed by atoms with Gasteiger partial charge in [-0.3, -0.25) is 4.79 Å². The smallest absolute Gasteiger partial charge is 0.241 e. The number of nitrogens with zero attached hydrogens (tertiary/aromatic N) is 1. The molecule has 3 aromatic rings. The summed E-state index contributed by atoms with van der Waals surface area (Å²) in [5, 5.41) is 22.9. The molecule has 0 radical (unpaired) electrons. The fourth-order valence-corrected chi connectivity index (χ4v) is 4.23. The van der Waals surface area contributed by atoms with Crippen molar-refractivity contribution in [3.05, 3.63) is 42.5 Å². The summed E-state index contributed by atoms with van der Waals surface area (Å²) in [4.78, 5) is 16.9. The first-order valence-corrected chi connectivity index (χ1v) is 10.9. The van der Waals surface area contributed by atoms with Gasteiger partial charge in [-0.2, -0.15) is 0 Å². The average molecular weight is 422 g/mol. The molecule has 0 spiro atoms. The summed E-state index contributed by atoms with van der Waals surface area (Å²) < 4.78 is 5.90. The number of fused-ring (bicyclic) bond motifs is 1. The first-order valence-electron chi connectivity index (χ1n) is 10.9. The van der Waals surface area contributed by atoms with Crippen molar-refractivity contribution >= 4 is 28.4 Å². The Morgan fingerprint density at radius 3 is 2.58 bits per heavy atom. The molecular formula is C23H27N5O3. The van der Waals surface area contributed by atoms with E-state index in [0.717, 1.165) is 50.0 Å². The quantitative estimate of drug-likeness (QED) is 0.389. The lowest BCUT2D eigenvalue weighted by Gasteiger charge is -2.20. The van der Waals surface area contributed by atoms with Crippen LogP contribution in [0.4, 0.5) is 11.4 Å². The van der Waals surface area contributed by atoms with Gasteiger partial charge >= 0.3 is 0 Å². The third kappa shape index (κ3) is 4.41. The van der Waals surface area contributed by atoms with E-state index >= 15 is 0 Å². The molecule has 5 N–H and O–H groups in total. The van der Waals surface area contributed by atoms with Crippen molar-refractivity contribution in [2.75, 3.05) is 23.7 Å². The lowest BCUT2D eigenvalue weighted by molar-refractivity contribution is -0.117. The number of anilines is 2. The van der Waals surface area contributed by atoms with Gasteiger partial charge in [0.1, 0.15) is 11.7 Å². The minimum absolute atomic E-state index is 0.0151. The lowest BCUT2D eigenvalue weighted by Crippen LogP contribution is -2.39. The summed E-state index contributed by atoms with van der Waals surface area (Å²) in [6.45, 7) is 1.83. The highest BCUT2D eigenvalue weighted by molar-refractivity contribution is 5.96. The molecule has 2 aliphatic heterocycles. The highest BCUT2D eigenvalue weighted by Crippen LogP contribution is 2.27. The molecule has 8 nitrogen and oxygen atoms in total. The largest absolute Gasteiger partial charge is 0.436 e. The Morgan fingerprint density at radius 2 is 1.84 bits per heavy atom. The van der Waals surface area contributed by atoms with Gasteiger partial charge in [-0.15, -0.1) is 0 Å². The summed E-state index contributed by atoms with van der Waals surface area (Å²) in [5.41, 5.74) is 3.75. The molecule has 2 fully saturated rings. The number of aromatic nitrogens is 1. The Labute approximate surface area is 180 Å². The van der Waals surface area contributed by atoms with E-state index in [4.69, 9.17) is 4.42 Å².